The van der Waals surface area contributed by atoms with Crippen molar-refractivity contribution in [1.29, 1.82) is 0 Å². The fraction of sp³-hybridized carbons (Fsp3) is 0.455. The van der Waals surface area contributed by atoms with Crippen LogP contribution in [-0.2, 0) is 5.41 Å². The van der Waals surface area contributed by atoms with Gasteiger partial charge >= 0.3 is 0 Å². The minimum Gasteiger partial charge on any atom is -0.384 e. The van der Waals surface area contributed by atoms with Crippen molar-refractivity contribution >= 4 is 5.69 Å². The van der Waals surface area contributed by atoms with Crippen LogP contribution >= 0.6 is 0 Å². The van der Waals surface area contributed by atoms with Crippen molar-refractivity contribution in [2.45, 2.75) is 25.2 Å². The lowest BCUT2D eigenvalue weighted by Gasteiger charge is -2.05. The summed E-state index contributed by atoms with van der Waals surface area (Å²) in [7, 11) is 0. The molecule has 0 amide bonds. The summed E-state index contributed by atoms with van der Waals surface area (Å²) in [5, 5.41) is 3.48. The topological polar surface area (TPSA) is 12.0 Å². The van der Waals surface area contributed by atoms with E-state index in [1.54, 1.807) is 5.56 Å². The molecule has 0 saturated heterocycles. The maximum atomic E-state index is 3.48. The van der Waals surface area contributed by atoms with Crippen molar-refractivity contribution in [2.24, 2.45) is 0 Å². The number of fused-ring (bicyclic) bond motifs is 2. The fourth-order valence-electron chi connectivity index (χ4n) is 2.21. The van der Waals surface area contributed by atoms with E-state index in [0.717, 1.165) is 0 Å². The molecule has 1 saturated carbocycles. The largest absolute Gasteiger partial charge is 0.384 e. The van der Waals surface area contributed by atoms with Gasteiger partial charge in [0.1, 0.15) is 0 Å². The molecule has 2 aliphatic rings. The van der Waals surface area contributed by atoms with Gasteiger partial charge in [0.05, 0.1) is 0 Å². The molecule has 1 heteroatoms. The molecule has 0 aromatic heterocycles. The molecule has 1 aliphatic heterocycles. The second-order valence-corrected chi connectivity index (χ2v) is 4.18. The Balaban J connectivity index is 2.20. The van der Waals surface area contributed by atoms with E-state index in [4.69, 9.17) is 0 Å². The lowest BCUT2D eigenvalue weighted by atomic mass is 9.97. The van der Waals surface area contributed by atoms with E-state index in [0.29, 0.717) is 5.41 Å². The number of nitrogens with one attached hydrogen (secondary N) is 1. The third-order valence-electron chi connectivity index (χ3n) is 3.22. The molecule has 12 heavy (non-hydrogen) atoms. The minimum absolute atomic E-state index is 0.557. The molecule has 0 bridgehead atoms. The van der Waals surface area contributed by atoms with Crippen LogP contribution in [0.5, 0.6) is 0 Å². The van der Waals surface area contributed by atoms with E-state index in [-0.39, 0.29) is 0 Å². The van der Waals surface area contributed by atoms with Crippen molar-refractivity contribution in [3.8, 4) is 0 Å². The predicted octanol–water partition coefficient (Wildman–Crippen LogP) is 2.45. The summed E-state index contributed by atoms with van der Waals surface area (Å²) in [4.78, 5) is 0. The first-order valence-corrected chi connectivity index (χ1v) is 4.65. The van der Waals surface area contributed by atoms with Gasteiger partial charge in [-0.1, -0.05) is 17.7 Å². The first-order chi connectivity index (χ1) is 5.80. The van der Waals surface area contributed by atoms with Gasteiger partial charge in [-0.3, -0.25) is 0 Å². The Morgan fingerprint density at radius 1 is 1.33 bits per heavy atom. The Morgan fingerprint density at radius 3 is 2.92 bits per heavy atom. The lowest BCUT2D eigenvalue weighted by Crippen LogP contribution is -2.08. The molecule has 0 radical (unpaired) electrons. The van der Waals surface area contributed by atoms with Gasteiger partial charge in [0.2, 0.25) is 0 Å². The number of benzene rings is 1. The molecular weight excluding hydrogens is 146 g/mol. The Bertz CT molecular complexity index is 337. The summed E-state index contributed by atoms with van der Waals surface area (Å²) in [5.74, 6) is 0. The normalized spacial score (nSPS) is 22.1. The maximum absolute atomic E-state index is 3.48. The quantitative estimate of drug-likeness (QED) is 0.613. The zero-order chi connectivity index (χ0) is 8.18. The lowest BCUT2D eigenvalue weighted by molar-refractivity contribution is 0.777. The highest BCUT2D eigenvalue weighted by molar-refractivity contribution is 5.63. The summed E-state index contributed by atoms with van der Waals surface area (Å²) in [6.07, 6.45) is 2.77. The molecule has 1 N–H and O–H groups in total. The Morgan fingerprint density at radius 2 is 2.17 bits per heavy atom. The van der Waals surface area contributed by atoms with Gasteiger partial charge in [-0.25, -0.2) is 0 Å². The van der Waals surface area contributed by atoms with Gasteiger partial charge in [-0.15, -0.1) is 0 Å². The number of aryl methyl sites for hydroxylation is 1. The SMILES string of the molecule is Cc1ccc2c(c1)C1(CC1)CN2. The van der Waals surface area contributed by atoms with Gasteiger partial charge in [-0.2, -0.15) is 0 Å². The summed E-state index contributed by atoms with van der Waals surface area (Å²) in [6.45, 7) is 3.35. The molecular formula is C11H13N. The van der Waals surface area contributed by atoms with Crippen LogP contribution in [0.4, 0.5) is 5.69 Å². The highest BCUT2D eigenvalue weighted by atomic mass is 15.0. The average molecular weight is 159 g/mol. The molecule has 0 unspecified atom stereocenters. The fourth-order valence-corrected chi connectivity index (χ4v) is 2.21. The third kappa shape index (κ3) is 0.689. The number of hydrogen-bond donors (Lipinski definition) is 1. The van der Waals surface area contributed by atoms with Crippen LogP contribution in [0.2, 0.25) is 0 Å². The molecule has 0 atom stereocenters. The van der Waals surface area contributed by atoms with Crippen LogP contribution in [0.25, 0.3) is 0 Å². The minimum atomic E-state index is 0.557. The molecule has 1 nitrogen and oxygen atoms in total. The van der Waals surface area contributed by atoms with E-state index < -0.39 is 0 Å². The van der Waals surface area contributed by atoms with Gasteiger partial charge in [0.15, 0.2) is 0 Å². The first-order valence-electron chi connectivity index (χ1n) is 4.65. The standard InChI is InChI=1S/C11H13N/c1-8-2-3-10-9(6-8)11(4-5-11)7-12-10/h2-3,6,12H,4-5,7H2,1H3. The van der Waals surface area contributed by atoms with Crippen molar-refractivity contribution in [2.75, 3.05) is 11.9 Å². The highest BCUT2D eigenvalue weighted by Crippen LogP contribution is 2.54. The van der Waals surface area contributed by atoms with Gasteiger partial charge in [0, 0.05) is 17.6 Å². The van der Waals surface area contributed by atoms with Crippen LogP contribution in [0.3, 0.4) is 0 Å². The Hall–Kier alpha value is -0.980. The summed E-state index contributed by atoms with van der Waals surface area (Å²) in [5.41, 5.74) is 4.89. The van der Waals surface area contributed by atoms with Crippen LogP contribution in [0.15, 0.2) is 18.2 Å². The molecule has 1 aromatic carbocycles. The highest BCUT2D eigenvalue weighted by Gasteiger charge is 2.48. The van der Waals surface area contributed by atoms with Crippen LogP contribution < -0.4 is 5.32 Å². The van der Waals surface area contributed by atoms with Crippen molar-refractivity contribution in [1.82, 2.24) is 0 Å². The maximum Gasteiger partial charge on any atom is 0.0379 e. The van der Waals surface area contributed by atoms with Gasteiger partial charge in [0.25, 0.3) is 0 Å². The first kappa shape index (κ1) is 6.53. The van der Waals surface area contributed by atoms with Crippen molar-refractivity contribution in [3.63, 3.8) is 0 Å². The van der Waals surface area contributed by atoms with E-state index in [1.807, 2.05) is 0 Å². The molecule has 1 aliphatic carbocycles. The van der Waals surface area contributed by atoms with Gasteiger partial charge in [-0.05, 0) is 31.4 Å². The molecule has 1 fully saturated rings. The van der Waals surface area contributed by atoms with Crippen LogP contribution in [-0.4, -0.2) is 6.54 Å². The summed E-state index contributed by atoms with van der Waals surface area (Å²) in [6, 6.07) is 6.76. The molecule has 1 heterocycles. The number of hydrogen-bond acceptors (Lipinski definition) is 1. The molecule has 62 valence electrons. The average Bonchev–Trinajstić information content (AvgIpc) is 2.74. The number of anilines is 1. The molecule has 1 aromatic rings. The zero-order valence-corrected chi connectivity index (χ0v) is 7.35. The van der Waals surface area contributed by atoms with E-state index in [9.17, 15) is 0 Å². The van der Waals surface area contributed by atoms with Crippen molar-refractivity contribution < 1.29 is 0 Å². The second kappa shape index (κ2) is 1.85. The third-order valence-corrected chi connectivity index (χ3v) is 3.22. The summed E-state index contributed by atoms with van der Waals surface area (Å²) >= 11 is 0. The van der Waals surface area contributed by atoms with E-state index in [1.165, 1.54) is 30.6 Å². The second-order valence-electron chi connectivity index (χ2n) is 4.18. The summed E-state index contributed by atoms with van der Waals surface area (Å²) < 4.78 is 0. The predicted molar refractivity (Wildman–Crippen MR) is 50.6 cm³/mol. The van der Waals surface area contributed by atoms with Crippen LogP contribution in [0.1, 0.15) is 24.0 Å². The Labute approximate surface area is 72.8 Å². The van der Waals surface area contributed by atoms with Crippen LogP contribution in [0, 0.1) is 6.92 Å². The number of rotatable bonds is 0. The zero-order valence-electron chi connectivity index (χ0n) is 7.35. The Kier molecular flexibility index (Phi) is 1.00. The van der Waals surface area contributed by atoms with E-state index in [2.05, 4.69) is 30.4 Å². The molecule has 3 rings (SSSR count). The molecule has 1 spiro atoms. The van der Waals surface area contributed by atoms with Gasteiger partial charge < -0.3 is 5.32 Å². The van der Waals surface area contributed by atoms with Crippen molar-refractivity contribution in [3.05, 3.63) is 29.3 Å². The monoisotopic (exact) mass is 159 g/mol. The smallest absolute Gasteiger partial charge is 0.0379 e. The van der Waals surface area contributed by atoms with E-state index >= 15 is 0 Å².